The van der Waals surface area contributed by atoms with Crippen LogP contribution < -0.4 is 5.32 Å². The van der Waals surface area contributed by atoms with Crippen LogP contribution in [0.15, 0.2) is 28.4 Å². The van der Waals surface area contributed by atoms with E-state index in [1.165, 1.54) is 36.7 Å². The summed E-state index contributed by atoms with van der Waals surface area (Å²) in [6, 6.07) is 4.48. The van der Waals surface area contributed by atoms with E-state index in [2.05, 4.69) is 22.4 Å². The molecule has 0 saturated carbocycles. The fourth-order valence-electron chi connectivity index (χ4n) is 2.16. The number of halogens is 1. The molecule has 1 heterocycles. The van der Waals surface area contributed by atoms with Crippen LogP contribution in [0.4, 0.5) is 4.39 Å². The highest BCUT2D eigenvalue weighted by molar-refractivity contribution is 8.15. The Morgan fingerprint density at radius 3 is 3.00 bits per heavy atom. The van der Waals surface area contributed by atoms with Crippen molar-refractivity contribution in [1.29, 1.82) is 0 Å². The molecule has 0 spiro atoms. The second-order valence-corrected chi connectivity index (χ2v) is 6.41. The molecule has 0 radical (unpaired) electrons. The monoisotopic (exact) mass is 351 g/mol. The molecule has 1 aliphatic rings. The normalized spacial score (nSPS) is 16.2. The number of amidine groups is 1. The summed E-state index contributed by atoms with van der Waals surface area (Å²) >= 11 is 1.31. The van der Waals surface area contributed by atoms with E-state index in [0.29, 0.717) is 24.1 Å². The number of amides is 1. The Bertz CT molecular complexity index is 620. The second kappa shape index (κ2) is 10.2. The van der Waals surface area contributed by atoms with Crippen molar-refractivity contribution in [1.82, 2.24) is 5.32 Å². The van der Waals surface area contributed by atoms with Crippen LogP contribution >= 0.6 is 11.8 Å². The molecule has 1 aromatic rings. The fourth-order valence-corrected chi connectivity index (χ4v) is 2.79. The van der Waals surface area contributed by atoms with Gasteiger partial charge in [-0.15, -0.1) is 5.10 Å². The third-order valence-corrected chi connectivity index (χ3v) is 4.30. The molecule has 0 bridgehead atoms. The SMILES string of the molecule is CCCCCCOCc1cc(F)ccc1C=NN=C1NC(=O)CS1. The predicted octanol–water partition coefficient (Wildman–Crippen LogP) is 3.48. The maximum Gasteiger partial charge on any atom is 0.236 e. The van der Waals surface area contributed by atoms with Gasteiger partial charge in [0.05, 0.1) is 18.6 Å². The number of unbranched alkanes of at least 4 members (excludes halogenated alkanes) is 3. The first kappa shape index (κ1) is 18.6. The number of ether oxygens (including phenoxy) is 1. The summed E-state index contributed by atoms with van der Waals surface area (Å²) in [6.45, 7) is 3.17. The molecular formula is C17H22FN3O2S. The zero-order chi connectivity index (χ0) is 17.2. The first-order chi connectivity index (χ1) is 11.7. The largest absolute Gasteiger partial charge is 0.377 e. The van der Waals surface area contributed by atoms with Crippen molar-refractivity contribution in [3.63, 3.8) is 0 Å². The molecular weight excluding hydrogens is 329 g/mol. The molecule has 0 unspecified atom stereocenters. The third kappa shape index (κ3) is 6.41. The van der Waals surface area contributed by atoms with Crippen LogP contribution in [0, 0.1) is 5.82 Å². The van der Waals surface area contributed by atoms with Gasteiger partial charge >= 0.3 is 0 Å². The van der Waals surface area contributed by atoms with E-state index in [0.717, 1.165) is 24.0 Å². The molecule has 1 fully saturated rings. The van der Waals surface area contributed by atoms with E-state index in [9.17, 15) is 9.18 Å². The molecule has 0 aliphatic carbocycles. The smallest absolute Gasteiger partial charge is 0.236 e. The summed E-state index contributed by atoms with van der Waals surface area (Å²) in [6.07, 6.45) is 6.10. The van der Waals surface area contributed by atoms with Crippen molar-refractivity contribution in [3.05, 3.63) is 35.1 Å². The molecule has 24 heavy (non-hydrogen) atoms. The van der Waals surface area contributed by atoms with Gasteiger partial charge in [-0.2, -0.15) is 5.10 Å². The highest BCUT2D eigenvalue weighted by Crippen LogP contribution is 2.13. The van der Waals surface area contributed by atoms with Gasteiger partial charge in [-0.05, 0) is 24.1 Å². The van der Waals surface area contributed by atoms with E-state index < -0.39 is 0 Å². The predicted molar refractivity (Wildman–Crippen MR) is 95.8 cm³/mol. The molecule has 1 N–H and O–H groups in total. The molecule has 5 nitrogen and oxygen atoms in total. The lowest BCUT2D eigenvalue weighted by atomic mass is 10.1. The van der Waals surface area contributed by atoms with Crippen LogP contribution in [-0.4, -0.2) is 29.6 Å². The van der Waals surface area contributed by atoms with Crippen molar-refractivity contribution in [2.45, 2.75) is 39.2 Å². The van der Waals surface area contributed by atoms with Crippen LogP contribution in [0.2, 0.25) is 0 Å². The van der Waals surface area contributed by atoms with E-state index in [4.69, 9.17) is 4.74 Å². The number of carbonyl (C=O) groups is 1. The quantitative estimate of drug-likeness (QED) is 0.421. The van der Waals surface area contributed by atoms with Gasteiger partial charge in [0.1, 0.15) is 5.82 Å². The van der Waals surface area contributed by atoms with Crippen molar-refractivity contribution in [2.75, 3.05) is 12.4 Å². The van der Waals surface area contributed by atoms with Crippen LogP contribution in [0.3, 0.4) is 0 Å². The molecule has 1 aliphatic heterocycles. The van der Waals surface area contributed by atoms with Gasteiger partial charge in [-0.1, -0.05) is 44.0 Å². The van der Waals surface area contributed by atoms with E-state index in [-0.39, 0.29) is 11.7 Å². The summed E-state index contributed by atoms with van der Waals surface area (Å²) < 4.78 is 19.1. The molecule has 7 heteroatoms. The topological polar surface area (TPSA) is 63.1 Å². The zero-order valence-electron chi connectivity index (χ0n) is 13.8. The molecule has 1 aromatic carbocycles. The lowest BCUT2D eigenvalue weighted by Gasteiger charge is -2.07. The van der Waals surface area contributed by atoms with E-state index in [1.54, 1.807) is 12.3 Å². The van der Waals surface area contributed by atoms with Crippen molar-refractivity contribution in [3.8, 4) is 0 Å². The first-order valence-corrected chi connectivity index (χ1v) is 9.07. The molecule has 2 rings (SSSR count). The van der Waals surface area contributed by atoms with Gasteiger partial charge in [0.25, 0.3) is 0 Å². The van der Waals surface area contributed by atoms with Gasteiger partial charge in [-0.3, -0.25) is 4.79 Å². The first-order valence-electron chi connectivity index (χ1n) is 8.09. The molecule has 1 amide bonds. The Morgan fingerprint density at radius 2 is 2.25 bits per heavy atom. The molecule has 1 saturated heterocycles. The number of thioether (sulfide) groups is 1. The minimum Gasteiger partial charge on any atom is -0.377 e. The summed E-state index contributed by atoms with van der Waals surface area (Å²) in [5.74, 6) is -0.0169. The number of rotatable bonds is 9. The van der Waals surface area contributed by atoms with Gasteiger partial charge in [-0.25, -0.2) is 4.39 Å². The second-order valence-electron chi connectivity index (χ2n) is 5.44. The van der Waals surface area contributed by atoms with Gasteiger partial charge in [0.15, 0.2) is 5.17 Å². The summed E-state index contributed by atoms with van der Waals surface area (Å²) in [7, 11) is 0. The molecule has 0 aromatic heterocycles. The molecule has 130 valence electrons. The average molecular weight is 351 g/mol. The van der Waals surface area contributed by atoms with Crippen LogP contribution in [0.25, 0.3) is 0 Å². The minimum absolute atomic E-state index is 0.0760. The highest BCUT2D eigenvalue weighted by Gasteiger charge is 2.15. The lowest BCUT2D eigenvalue weighted by Crippen LogP contribution is -2.19. The zero-order valence-corrected chi connectivity index (χ0v) is 14.6. The van der Waals surface area contributed by atoms with Gasteiger partial charge in [0.2, 0.25) is 5.91 Å². The van der Waals surface area contributed by atoms with Crippen LogP contribution in [0.5, 0.6) is 0 Å². The number of carbonyl (C=O) groups excluding carboxylic acids is 1. The maximum atomic E-state index is 13.5. The lowest BCUT2D eigenvalue weighted by molar-refractivity contribution is -0.116. The third-order valence-electron chi connectivity index (χ3n) is 3.44. The average Bonchev–Trinajstić information content (AvgIpc) is 2.98. The van der Waals surface area contributed by atoms with Crippen LogP contribution in [-0.2, 0) is 16.1 Å². The van der Waals surface area contributed by atoms with Gasteiger partial charge < -0.3 is 10.1 Å². The number of hydrogen-bond donors (Lipinski definition) is 1. The summed E-state index contributed by atoms with van der Waals surface area (Å²) in [5, 5.41) is 11.0. The van der Waals surface area contributed by atoms with E-state index in [1.807, 2.05) is 0 Å². The Hall–Kier alpha value is -1.73. The maximum absolute atomic E-state index is 13.5. The summed E-state index contributed by atoms with van der Waals surface area (Å²) in [5.41, 5.74) is 1.49. The number of nitrogens with zero attached hydrogens (tertiary/aromatic N) is 2. The van der Waals surface area contributed by atoms with Crippen molar-refractivity contribution >= 4 is 29.1 Å². The summed E-state index contributed by atoms with van der Waals surface area (Å²) in [4.78, 5) is 11.1. The number of hydrogen-bond acceptors (Lipinski definition) is 5. The van der Waals surface area contributed by atoms with Crippen molar-refractivity contribution < 1.29 is 13.9 Å². The fraction of sp³-hybridized carbons (Fsp3) is 0.471. The number of benzene rings is 1. The van der Waals surface area contributed by atoms with E-state index >= 15 is 0 Å². The number of nitrogens with one attached hydrogen (secondary N) is 1. The Morgan fingerprint density at radius 1 is 1.38 bits per heavy atom. The Labute approximate surface area is 145 Å². The van der Waals surface area contributed by atoms with Gasteiger partial charge in [0, 0.05) is 12.2 Å². The minimum atomic E-state index is -0.304. The Balaban J connectivity index is 1.90. The standard InChI is InChI=1S/C17H22FN3O2S/c1-2-3-4-5-8-23-11-14-9-15(18)7-6-13(14)10-19-21-17-20-16(22)12-24-17/h6-7,9-10H,2-5,8,11-12H2,1H3,(H,20,21,22). The van der Waals surface area contributed by atoms with Crippen molar-refractivity contribution in [2.24, 2.45) is 10.2 Å². The highest BCUT2D eigenvalue weighted by atomic mass is 32.2. The Kier molecular flexibility index (Phi) is 7.91. The van der Waals surface area contributed by atoms with Crippen LogP contribution in [0.1, 0.15) is 43.7 Å². The molecule has 0 atom stereocenters.